The summed E-state index contributed by atoms with van der Waals surface area (Å²) in [4.78, 5) is 0. The van der Waals surface area contributed by atoms with Crippen molar-refractivity contribution in [2.75, 3.05) is 26.8 Å². The summed E-state index contributed by atoms with van der Waals surface area (Å²) in [6.45, 7) is 9.52. The molecule has 1 aliphatic heterocycles. The number of hydrogen-bond acceptors (Lipinski definition) is 2. The minimum atomic E-state index is 0.538. The van der Waals surface area contributed by atoms with Crippen molar-refractivity contribution in [2.24, 2.45) is 5.41 Å². The first-order valence-corrected chi connectivity index (χ1v) is 4.46. The Kier molecular flexibility index (Phi) is 5.51. The standard InChI is InChI=1S/C7H15NO.C2H6/c1-7(3-4-9-2)5-8-6-7;1-2/h8H,3-6H2,1-2H3;1-2H3. The van der Waals surface area contributed by atoms with Gasteiger partial charge in [-0.2, -0.15) is 0 Å². The normalized spacial score (nSPS) is 19.6. The fourth-order valence-corrected chi connectivity index (χ4v) is 1.08. The zero-order valence-electron chi connectivity index (χ0n) is 8.24. The van der Waals surface area contributed by atoms with Crippen LogP contribution in [0, 0.1) is 5.41 Å². The minimum Gasteiger partial charge on any atom is -0.385 e. The van der Waals surface area contributed by atoms with Crippen molar-refractivity contribution in [3.8, 4) is 0 Å². The summed E-state index contributed by atoms with van der Waals surface area (Å²) in [5.41, 5.74) is 0.538. The Balaban J connectivity index is 0.000000461. The summed E-state index contributed by atoms with van der Waals surface area (Å²) < 4.78 is 4.99. The van der Waals surface area contributed by atoms with E-state index in [9.17, 15) is 0 Å². The first kappa shape index (κ1) is 10.9. The highest BCUT2D eigenvalue weighted by Gasteiger charge is 2.30. The lowest BCUT2D eigenvalue weighted by Crippen LogP contribution is -2.51. The van der Waals surface area contributed by atoms with Gasteiger partial charge >= 0.3 is 0 Å². The second-order valence-corrected chi connectivity index (χ2v) is 3.16. The van der Waals surface area contributed by atoms with E-state index in [1.807, 2.05) is 13.8 Å². The third-order valence-electron chi connectivity index (χ3n) is 2.01. The first-order chi connectivity index (χ1) is 5.27. The summed E-state index contributed by atoms with van der Waals surface area (Å²) in [5, 5.41) is 3.26. The molecule has 1 rings (SSSR count). The van der Waals surface area contributed by atoms with Crippen LogP contribution in [0.25, 0.3) is 0 Å². The van der Waals surface area contributed by atoms with E-state index in [1.54, 1.807) is 7.11 Å². The molecule has 0 aromatic carbocycles. The molecule has 0 aromatic rings. The van der Waals surface area contributed by atoms with E-state index >= 15 is 0 Å². The maximum absolute atomic E-state index is 4.99. The number of ether oxygens (including phenoxy) is 1. The molecule has 1 saturated heterocycles. The maximum atomic E-state index is 4.99. The Labute approximate surface area is 70.3 Å². The molecule has 2 nitrogen and oxygen atoms in total. The summed E-state index contributed by atoms with van der Waals surface area (Å²) in [6.07, 6.45) is 1.19. The molecule has 0 spiro atoms. The Morgan fingerprint density at radius 3 is 2.18 bits per heavy atom. The highest BCUT2D eigenvalue weighted by Crippen LogP contribution is 2.25. The smallest absolute Gasteiger partial charge is 0.0468 e. The van der Waals surface area contributed by atoms with E-state index < -0.39 is 0 Å². The van der Waals surface area contributed by atoms with Crippen LogP contribution in [-0.4, -0.2) is 26.8 Å². The Morgan fingerprint density at radius 2 is 1.91 bits per heavy atom. The molecule has 0 radical (unpaired) electrons. The molecule has 0 atom stereocenters. The van der Waals surface area contributed by atoms with Crippen LogP contribution >= 0.6 is 0 Å². The highest BCUT2D eigenvalue weighted by molar-refractivity contribution is 4.87. The van der Waals surface area contributed by atoms with Crippen molar-refractivity contribution in [2.45, 2.75) is 27.2 Å². The zero-order valence-corrected chi connectivity index (χ0v) is 8.24. The van der Waals surface area contributed by atoms with Gasteiger partial charge in [0.05, 0.1) is 0 Å². The molecule has 11 heavy (non-hydrogen) atoms. The fraction of sp³-hybridized carbons (Fsp3) is 1.00. The van der Waals surface area contributed by atoms with Crippen LogP contribution in [0.15, 0.2) is 0 Å². The van der Waals surface area contributed by atoms with Gasteiger partial charge < -0.3 is 10.1 Å². The Hall–Kier alpha value is -0.0800. The summed E-state index contributed by atoms with van der Waals surface area (Å²) in [5.74, 6) is 0. The van der Waals surface area contributed by atoms with Crippen molar-refractivity contribution < 1.29 is 4.74 Å². The topological polar surface area (TPSA) is 21.3 Å². The Bertz CT molecular complexity index is 89.6. The van der Waals surface area contributed by atoms with Gasteiger partial charge in [0.1, 0.15) is 0 Å². The molecular formula is C9H21NO. The van der Waals surface area contributed by atoms with Crippen molar-refractivity contribution >= 4 is 0 Å². The maximum Gasteiger partial charge on any atom is 0.0468 e. The minimum absolute atomic E-state index is 0.538. The van der Waals surface area contributed by atoms with Gasteiger partial charge in [0.25, 0.3) is 0 Å². The SMILES string of the molecule is CC.COCCC1(C)CNC1. The molecule has 0 aliphatic carbocycles. The average molecular weight is 159 g/mol. The third-order valence-corrected chi connectivity index (χ3v) is 2.01. The first-order valence-electron chi connectivity index (χ1n) is 4.46. The molecular weight excluding hydrogens is 138 g/mol. The number of rotatable bonds is 3. The van der Waals surface area contributed by atoms with E-state index in [1.165, 1.54) is 6.42 Å². The van der Waals surface area contributed by atoms with E-state index in [0.29, 0.717) is 5.41 Å². The second-order valence-electron chi connectivity index (χ2n) is 3.16. The van der Waals surface area contributed by atoms with E-state index in [2.05, 4.69) is 12.2 Å². The predicted octanol–water partition coefficient (Wildman–Crippen LogP) is 1.66. The molecule has 1 N–H and O–H groups in total. The van der Waals surface area contributed by atoms with Gasteiger partial charge in [-0.05, 0) is 11.8 Å². The third kappa shape index (κ3) is 3.73. The quantitative estimate of drug-likeness (QED) is 0.676. The van der Waals surface area contributed by atoms with Crippen LogP contribution in [0.3, 0.4) is 0 Å². The number of hydrogen-bond donors (Lipinski definition) is 1. The lowest BCUT2D eigenvalue weighted by Gasteiger charge is -2.39. The van der Waals surface area contributed by atoms with Crippen LogP contribution in [0.5, 0.6) is 0 Å². The predicted molar refractivity (Wildman–Crippen MR) is 48.8 cm³/mol. The monoisotopic (exact) mass is 159 g/mol. The summed E-state index contributed by atoms with van der Waals surface area (Å²) in [6, 6.07) is 0. The van der Waals surface area contributed by atoms with E-state index in [4.69, 9.17) is 4.74 Å². The molecule has 0 saturated carbocycles. The molecule has 0 aromatic heterocycles. The molecule has 0 bridgehead atoms. The van der Waals surface area contributed by atoms with Crippen LogP contribution in [-0.2, 0) is 4.74 Å². The van der Waals surface area contributed by atoms with Gasteiger partial charge in [-0.15, -0.1) is 0 Å². The highest BCUT2D eigenvalue weighted by atomic mass is 16.5. The van der Waals surface area contributed by atoms with Crippen molar-refractivity contribution in [1.82, 2.24) is 5.32 Å². The molecule has 0 amide bonds. The van der Waals surface area contributed by atoms with Gasteiger partial charge in [-0.1, -0.05) is 20.8 Å². The number of methoxy groups -OCH3 is 1. The van der Waals surface area contributed by atoms with Gasteiger partial charge in [0.15, 0.2) is 0 Å². The van der Waals surface area contributed by atoms with Gasteiger partial charge in [-0.3, -0.25) is 0 Å². The Morgan fingerprint density at radius 1 is 1.36 bits per heavy atom. The van der Waals surface area contributed by atoms with Crippen molar-refractivity contribution in [1.29, 1.82) is 0 Å². The lowest BCUT2D eigenvalue weighted by atomic mass is 9.81. The average Bonchev–Trinajstić information content (AvgIpc) is 2.01. The van der Waals surface area contributed by atoms with Crippen LogP contribution < -0.4 is 5.32 Å². The second kappa shape index (κ2) is 5.56. The lowest BCUT2D eigenvalue weighted by molar-refractivity contribution is 0.106. The molecule has 2 heteroatoms. The van der Waals surface area contributed by atoms with E-state index in [0.717, 1.165) is 19.7 Å². The molecule has 1 heterocycles. The molecule has 1 aliphatic rings. The van der Waals surface area contributed by atoms with Crippen LogP contribution in [0.4, 0.5) is 0 Å². The van der Waals surface area contributed by atoms with Gasteiger partial charge in [-0.25, -0.2) is 0 Å². The van der Waals surface area contributed by atoms with Crippen LogP contribution in [0.2, 0.25) is 0 Å². The summed E-state index contributed by atoms with van der Waals surface area (Å²) >= 11 is 0. The largest absolute Gasteiger partial charge is 0.385 e. The van der Waals surface area contributed by atoms with Crippen molar-refractivity contribution in [3.05, 3.63) is 0 Å². The van der Waals surface area contributed by atoms with Gasteiger partial charge in [0.2, 0.25) is 0 Å². The molecule has 0 unspecified atom stereocenters. The van der Waals surface area contributed by atoms with E-state index in [-0.39, 0.29) is 0 Å². The van der Waals surface area contributed by atoms with Crippen molar-refractivity contribution in [3.63, 3.8) is 0 Å². The van der Waals surface area contributed by atoms with Crippen LogP contribution in [0.1, 0.15) is 27.2 Å². The summed E-state index contributed by atoms with van der Waals surface area (Å²) in [7, 11) is 1.76. The fourth-order valence-electron chi connectivity index (χ4n) is 1.08. The zero-order chi connectivity index (χ0) is 8.74. The molecule has 1 fully saturated rings. The van der Waals surface area contributed by atoms with Gasteiger partial charge in [0, 0.05) is 26.8 Å². The molecule has 68 valence electrons. The number of nitrogens with one attached hydrogen (secondary N) is 1.